The molecule has 1 heterocycles. The van der Waals surface area contributed by atoms with Crippen LogP contribution in [0, 0.1) is 0 Å². The number of hydrogen-bond acceptors (Lipinski definition) is 3. The third-order valence-corrected chi connectivity index (χ3v) is 2.26. The summed E-state index contributed by atoms with van der Waals surface area (Å²) in [6, 6.07) is 0. The highest BCUT2D eigenvalue weighted by Crippen LogP contribution is 2.35. The largest absolute Gasteiger partial charge is 0.697 e. The molecule has 0 spiro atoms. The Morgan fingerprint density at radius 2 is 1.78 bits per heavy atom. The zero-order valence-electron chi connectivity index (χ0n) is 5.53. The molecule has 2 atom stereocenters. The van der Waals surface area contributed by atoms with Gasteiger partial charge in [0.25, 0.3) is 0 Å². The average molecular weight is 149 g/mol. The lowest BCUT2D eigenvalue weighted by Gasteiger charge is -2.12. The van der Waals surface area contributed by atoms with Crippen LogP contribution in [0.3, 0.4) is 0 Å². The number of hydrogen-bond donors (Lipinski definition) is 0. The van der Waals surface area contributed by atoms with Crippen molar-refractivity contribution in [2.45, 2.75) is 32.5 Å². The lowest BCUT2D eigenvalue weighted by atomic mass is 10.2. The third-order valence-electron chi connectivity index (χ3n) is 1.20. The minimum Gasteiger partial charge on any atom is -0.116 e. The molecular formula is C5H10O3P+. The molecule has 52 valence electrons. The zero-order chi connectivity index (χ0) is 6.85. The van der Waals surface area contributed by atoms with Crippen molar-refractivity contribution in [1.82, 2.24) is 0 Å². The van der Waals surface area contributed by atoms with Gasteiger partial charge in [0.1, 0.15) is 12.2 Å². The van der Waals surface area contributed by atoms with Crippen LogP contribution in [0.4, 0.5) is 0 Å². The van der Waals surface area contributed by atoms with Gasteiger partial charge in [0, 0.05) is 11.0 Å². The minimum absolute atomic E-state index is 0.0809. The maximum Gasteiger partial charge on any atom is 0.697 e. The van der Waals surface area contributed by atoms with Crippen molar-refractivity contribution in [2.24, 2.45) is 0 Å². The summed E-state index contributed by atoms with van der Waals surface area (Å²) in [6.45, 7) is 3.79. The van der Waals surface area contributed by atoms with Crippen LogP contribution in [-0.4, -0.2) is 12.2 Å². The topological polar surface area (TPSA) is 35.5 Å². The van der Waals surface area contributed by atoms with E-state index in [9.17, 15) is 4.57 Å². The molecule has 4 heteroatoms. The van der Waals surface area contributed by atoms with Gasteiger partial charge in [-0.1, -0.05) is 0 Å². The predicted octanol–water partition coefficient (Wildman–Crippen LogP) is 1.86. The van der Waals surface area contributed by atoms with Crippen molar-refractivity contribution >= 4 is 8.25 Å². The van der Waals surface area contributed by atoms with Crippen molar-refractivity contribution in [3.05, 3.63) is 0 Å². The lowest BCUT2D eigenvalue weighted by Crippen LogP contribution is -2.19. The molecule has 0 saturated carbocycles. The summed E-state index contributed by atoms with van der Waals surface area (Å²) in [6.07, 6.45) is 0.996. The van der Waals surface area contributed by atoms with E-state index in [1.165, 1.54) is 0 Å². The second kappa shape index (κ2) is 2.74. The molecule has 0 N–H and O–H groups in total. The maximum absolute atomic E-state index is 10.6. The highest BCUT2D eigenvalue weighted by Gasteiger charge is 2.35. The van der Waals surface area contributed by atoms with Crippen molar-refractivity contribution in [3.63, 3.8) is 0 Å². The quantitative estimate of drug-likeness (QED) is 0.493. The summed E-state index contributed by atoms with van der Waals surface area (Å²) in [4.78, 5) is 0. The van der Waals surface area contributed by atoms with E-state index < -0.39 is 8.25 Å². The van der Waals surface area contributed by atoms with Gasteiger partial charge in [-0.2, -0.15) is 0 Å². The molecule has 0 radical (unpaired) electrons. The van der Waals surface area contributed by atoms with E-state index in [0.717, 1.165) is 6.42 Å². The average Bonchev–Trinajstić information content (AvgIpc) is 1.59. The normalized spacial score (nSPS) is 40.9. The van der Waals surface area contributed by atoms with Crippen molar-refractivity contribution < 1.29 is 13.6 Å². The van der Waals surface area contributed by atoms with Crippen LogP contribution < -0.4 is 0 Å². The van der Waals surface area contributed by atoms with Crippen LogP contribution in [-0.2, 0) is 13.6 Å². The first kappa shape index (κ1) is 7.13. The summed E-state index contributed by atoms with van der Waals surface area (Å²) < 4.78 is 20.3. The Bertz CT molecular complexity index is 113. The van der Waals surface area contributed by atoms with Crippen LogP contribution in [0.5, 0.6) is 0 Å². The fourth-order valence-electron chi connectivity index (χ4n) is 0.872. The van der Waals surface area contributed by atoms with Crippen LogP contribution in [0.1, 0.15) is 20.3 Å². The van der Waals surface area contributed by atoms with E-state index >= 15 is 0 Å². The van der Waals surface area contributed by atoms with Gasteiger partial charge in [-0.15, -0.1) is 9.05 Å². The fraction of sp³-hybridized carbons (Fsp3) is 1.00. The summed E-state index contributed by atoms with van der Waals surface area (Å²) >= 11 is 0. The Morgan fingerprint density at radius 3 is 2.11 bits per heavy atom. The summed E-state index contributed by atoms with van der Waals surface area (Å²) in [5, 5.41) is 0. The molecular weight excluding hydrogens is 139 g/mol. The Morgan fingerprint density at radius 1 is 1.33 bits per heavy atom. The first-order valence-electron chi connectivity index (χ1n) is 2.99. The Balaban J connectivity index is 2.43. The van der Waals surface area contributed by atoms with E-state index in [-0.39, 0.29) is 12.2 Å². The lowest BCUT2D eigenvalue weighted by molar-refractivity contribution is 0.0628. The van der Waals surface area contributed by atoms with E-state index in [1.807, 2.05) is 13.8 Å². The van der Waals surface area contributed by atoms with E-state index in [4.69, 9.17) is 9.05 Å². The minimum atomic E-state index is -1.82. The molecule has 1 fully saturated rings. The van der Waals surface area contributed by atoms with Gasteiger partial charge in [-0.25, -0.2) is 0 Å². The molecule has 0 aromatic carbocycles. The van der Waals surface area contributed by atoms with Crippen LogP contribution in [0.25, 0.3) is 0 Å². The molecule has 1 rings (SSSR count). The van der Waals surface area contributed by atoms with Crippen molar-refractivity contribution in [2.75, 3.05) is 0 Å². The molecule has 0 amide bonds. The molecule has 0 aromatic heterocycles. The zero-order valence-corrected chi connectivity index (χ0v) is 6.43. The van der Waals surface area contributed by atoms with E-state index in [2.05, 4.69) is 0 Å². The molecule has 2 unspecified atom stereocenters. The fourth-order valence-corrected chi connectivity index (χ4v) is 1.68. The SMILES string of the molecule is CC1CC(C)O[P+](=O)O1. The highest BCUT2D eigenvalue weighted by atomic mass is 31.1. The van der Waals surface area contributed by atoms with Gasteiger partial charge in [-0.05, 0) is 13.8 Å². The first-order chi connectivity index (χ1) is 4.18. The molecule has 1 saturated heterocycles. The van der Waals surface area contributed by atoms with Crippen molar-refractivity contribution in [3.8, 4) is 0 Å². The van der Waals surface area contributed by atoms with Gasteiger partial charge in [0.15, 0.2) is 0 Å². The highest BCUT2D eigenvalue weighted by molar-refractivity contribution is 7.33. The standard InChI is InChI=1S/C5H10O3P/c1-4-3-5(2)8-9(6)7-4/h4-5H,3H2,1-2H3/q+1. The van der Waals surface area contributed by atoms with Gasteiger partial charge >= 0.3 is 8.25 Å². The van der Waals surface area contributed by atoms with Gasteiger partial charge < -0.3 is 0 Å². The smallest absolute Gasteiger partial charge is 0.116 e. The first-order valence-corrected chi connectivity index (χ1v) is 4.09. The van der Waals surface area contributed by atoms with E-state index in [0.29, 0.717) is 0 Å². The number of rotatable bonds is 0. The Labute approximate surface area is 55.3 Å². The molecule has 1 aliphatic heterocycles. The Hall–Kier alpha value is 0.0200. The second-order valence-corrected chi connectivity index (χ2v) is 3.16. The monoisotopic (exact) mass is 149 g/mol. The summed E-state index contributed by atoms with van der Waals surface area (Å²) in [5.41, 5.74) is 0. The predicted molar refractivity (Wildman–Crippen MR) is 33.3 cm³/mol. The van der Waals surface area contributed by atoms with Gasteiger partial charge in [0.2, 0.25) is 0 Å². The van der Waals surface area contributed by atoms with Gasteiger partial charge in [0.05, 0.1) is 0 Å². The van der Waals surface area contributed by atoms with E-state index in [1.54, 1.807) is 0 Å². The summed E-state index contributed by atoms with van der Waals surface area (Å²) in [7, 11) is -1.82. The maximum atomic E-state index is 10.6. The second-order valence-electron chi connectivity index (χ2n) is 2.29. The van der Waals surface area contributed by atoms with Crippen molar-refractivity contribution in [1.29, 1.82) is 0 Å². The summed E-state index contributed by atoms with van der Waals surface area (Å²) in [5.74, 6) is 0. The molecule has 0 aliphatic carbocycles. The molecule has 9 heavy (non-hydrogen) atoms. The van der Waals surface area contributed by atoms with Crippen LogP contribution >= 0.6 is 8.25 Å². The molecule has 0 aromatic rings. The van der Waals surface area contributed by atoms with Crippen LogP contribution in [0.15, 0.2) is 0 Å². The Kier molecular flexibility index (Phi) is 2.17. The third kappa shape index (κ3) is 2.01. The molecule has 1 aliphatic rings. The molecule has 0 bridgehead atoms. The molecule has 3 nitrogen and oxygen atoms in total. The van der Waals surface area contributed by atoms with Gasteiger partial charge in [-0.3, -0.25) is 0 Å². The van der Waals surface area contributed by atoms with Crippen LogP contribution in [0.2, 0.25) is 0 Å².